The third-order valence-electron chi connectivity index (χ3n) is 1.38. The Morgan fingerprint density at radius 2 is 1.54 bits per heavy atom. The number of hydrogen-bond acceptors (Lipinski definition) is 1. The van der Waals surface area contributed by atoms with Crippen LogP contribution >= 0.6 is 0 Å². The smallest absolute Gasteiger partial charge is 0.127 e. The van der Waals surface area contributed by atoms with Gasteiger partial charge in [-0.3, -0.25) is 0 Å². The van der Waals surface area contributed by atoms with Crippen LogP contribution in [0.25, 0.3) is 0 Å². The summed E-state index contributed by atoms with van der Waals surface area (Å²) in [4.78, 5) is -0.672. The first kappa shape index (κ1) is 10.2. The van der Waals surface area contributed by atoms with Crippen molar-refractivity contribution in [3.05, 3.63) is 29.8 Å². The Balaban J connectivity index is 3.42. The van der Waals surface area contributed by atoms with E-state index in [-0.39, 0.29) is 0 Å². The van der Waals surface area contributed by atoms with Gasteiger partial charge in [-0.15, -0.1) is 0 Å². The van der Waals surface area contributed by atoms with E-state index < -0.39 is 26.2 Å². The molecule has 3 nitrogen and oxygen atoms in total. The summed E-state index contributed by atoms with van der Waals surface area (Å²) in [5.41, 5.74) is 0. The summed E-state index contributed by atoms with van der Waals surface area (Å²) in [7, 11) is -5.05. The summed E-state index contributed by atoms with van der Waals surface area (Å²) >= 11 is 0. The zero-order valence-corrected chi connectivity index (χ0v) is 7.52. The van der Waals surface area contributed by atoms with Crippen LogP contribution in [0.4, 0.5) is 8.78 Å². The van der Waals surface area contributed by atoms with Crippen molar-refractivity contribution in [1.82, 2.24) is 0 Å². The normalized spacial score (nSPS) is 15.0. The molecule has 0 amide bonds. The van der Waals surface area contributed by atoms with E-state index in [2.05, 4.69) is 0 Å². The Hall–Kier alpha value is -0.850. The highest BCUT2D eigenvalue weighted by molar-refractivity contribution is 8.09. The maximum atomic E-state index is 12.5. The summed E-state index contributed by atoms with van der Waals surface area (Å²) in [5, 5.41) is 0. The van der Waals surface area contributed by atoms with Crippen LogP contribution in [0.15, 0.2) is 23.1 Å². The molecule has 0 bridgehead atoms. The number of benzene rings is 1. The summed E-state index contributed by atoms with van der Waals surface area (Å²) < 4.78 is 54.1. The first-order valence-electron chi connectivity index (χ1n) is 3.25. The Bertz CT molecular complexity index is 379. The van der Waals surface area contributed by atoms with E-state index in [1.807, 2.05) is 0 Å². The molecule has 0 aromatic heterocycles. The minimum absolute atomic E-state index is 0.544. The maximum Gasteiger partial charge on any atom is 0.127 e. The van der Waals surface area contributed by atoms with Crippen molar-refractivity contribution in [3.8, 4) is 0 Å². The zero-order chi connectivity index (χ0) is 10.3. The Kier molecular flexibility index (Phi) is 2.02. The Morgan fingerprint density at radius 3 is 1.85 bits per heavy atom. The van der Waals surface area contributed by atoms with Crippen molar-refractivity contribution < 1.29 is 22.1 Å². The molecule has 0 spiro atoms. The predicted molar refractivity (Wildman–Crippen MR) is 43.9 cm³/mol. The van der Waals surface area contributed by atoms with Crippen LogP contribution in [0.1, 0.15) is 0 Å². The molecule has 0 saturated carbocycles. The van der Waals surface area contributed by atoms with Crippen LogP contribution in [0, 0.1) is 11.6 Å². The first-order valence-corrected chi connectivity index (χ1v) is 5.54. The van der Waals surface area contributed by atoms with E-state index in [1.165, 1.54) is 0 Å². The molecule has 74 valence electrons. The van der Waals surface area contributed by atoms with Gasteiger partial charge in [0.05, 0.1) is 4.90 Å². The molecule has 6 heteroatoms. The molecular formula is C7H8F2O3S. The summed E-state index contributed by atoms with van der Waals surface area (Å²) in [5.74, 6) is -2.03. The van der Waals surface area contributed by atoms with Crippen LogP contribution < -0.4 is 0 Å². The van der Waals surface area contributed by atoms with Gasteiger partial charge in [0.15, 0.2) is 0 Å². The topological polar surface area (TPSA) is 57.5 Å². The fourth-order valence-electron chi connectivity index (χ4n) is 0.800. The lowest BCUT2D eigenvalue weighted by atomic mass is 10.3. The summed E-state index contributed by atoms with van der Waals surface area (Å²) in [6, 6.07) is 1.76. The molecule has 0 radical (unpaired) electrons. The van der Waals surface area contributed by atoms with Crippen molar-refractivity contribution in [2.45, 2.75) is 4.90 Å². The van der Waals surface area contributed by atoms with Crippen molar-refractivity contribution in [2.75, 3.05) is 6.26 Å². The van der Waals surface area contributed by atoms with E-state index in [9.17, 15) is 13.0 Å². The molecule has 0 unspecified atom stereocenters. The SMILES string of the molecule is CS(=O)(O)(O)c1cc(F)cc(F)c1. The molecular weight excluding hydrogens is 202 g/mol. The molecule has 1 aromatic carbocycles. The third kappa shape index (κ3) is 2.55. The van der Waals surface area contributed by atoms with Gasteiger partial charge < -0.3 is 9.11 Å². The van der Waals surface area contributed by atoms with Crippen LogP contribution in [0.5, 0.6) is 0 Å². The van der Waals surface area contributed by atoms with Crippen LogP contribution in [0.3, 0.4) is 0 Å². The Morgan fingerprint density at radius 1 is 1.15 bits per heavy atom. The zero-order valence-electron chi connectivity index (χ0n) is 6.70. The van der Waals surface area contributed by atoms with Crippen molar-refractivity contribution in [2.24, 2.45) is 0 Å². The lowest BCUT2D eigenvalue weighted by Crippen LogP contribution is -2.29. The standard InChI is InChI=1S/C7H8F2O3S/c1-13(10,11,12)7-3-5(8)2-6(9)4-7/h2-4H,1H3,(H2,10,11,12). The molecule has 0 aliphatic rings. The predicted octanol–water partition coefficient (Wildman–Crippen LogP) is 1.72. The van der Waals surface area contributed by atoms with Gasteiger partial charge in [0.2, 0.25) is 0 Å². The fraction of sp³-hybridized carbons (Fsp3) is 0.143. The lowest BCUT2D eigenvalue weighted by molar-refractivity contribution is 0.396. The van der Waals surface area contributed by atoms with Crippen LogP contribution in [0.2, 0.25) is 0 Å². The molecule has 13 heavy (non-hydrogen) atoms. The second-order valence-corrected chi connectivity index (χ2v) is 5.77. The molecule has 0 atom stereocenters. The number of rotatable bonds is 1. The first-order chi connectivity index (χ1) is 5.65. The van der Waals surface area contributed by atoms with Gasteiger partial charge in [-0.1, -0.05) is 0 Å². The molecule has 0 saturated heterocycles. The average Bonchev–Trinajstić information content (AvgIpc) is 1.80. The third-order valence-corrected chi connectivity index (χ3v) is 2.70. The van der Waals surface area contributed by atoms with Gasteiger partial charge in [0.1, 0.15) is 21.3 Å². The molecule has 2 N–H and O–H groups in total. The Labute approximate surface area is 73.4 Å². The second-order valence-electron chi connectivity index (χ2n) is 2.84. The van der Waals surface area contributed by atoms with Gasteiger partial charge in [-0.25, -0.2) is 13.0 Å². The quantitative estimate of drug-likeness (QED) is 0.742. The average molecular weight is 210 g/mol. The van der Waals surface area contributed by atoms with E-state index in [4.69, 9.17) is 9.11 Å². The van der Waals surface area contributed by atoms with Crippen molar-refractivity contribution in [1.29, 1.82) is 0 Å². The highest BCUT2D eigenvalue weighted by Gasteiger charge is 2.26. The number of hydrogen-bond donors (Lipinski definition) is 2. The highest BCUT2D eigenvalue weighted by atomic mass is 32.3. The molecule has 0 aliphatic carbocycles. The minimum Gasteiger partial charge on any atom is -0.304 e. The van der Waals surface area contributed by atoms with Gasteiger partial charge in [-0.2, -0.15) is 0 Å². The van der Waals surface area contributed by atoms with Crippen LogP contribution in [-0.2, 0) is 9.63 Å². The lowest BCUT2D eigenvalue weighted by Gasteiger charge is -2.25. The largest absolute Gasteiger partial charge is 0.304 e. The fourth-order valence-corrected chi connectivity index (χ4v) is 1.57. The summed E-state index contributed by atoms with van der Waals surface area (Å²) in [6.45, 7) is 0. The summed E-state index contributed by atoms with van der Waals surface area (Å²) in [6.07, 6.45) is 0.603. The van der Waals surface area contributed by atoms with Crippen molar-refractivity contribution in [3.63, 3.8) is 0 Å². The van der Waals surface area contributed by atoms with E-state index in [1.54, 1.807) is 0 Å². The molecule has 1 rings (SSSR count). The molecule has 0 aliphatic heterocycles. The second kappa shape index (κ2) is 2.57. The van der Waals surface area contributed by atoms with E-state index >= 15 is 0 Å². The van der Waals surface area contributed by atoms with Gasteiger partial charge in [-0.05, 0) is 12.1 Å². The van der Waals surface area contributed by atoms with E-state index in [0.29, 0.717) is 24.5 Å². The minimum atomic E-state index is -5.05. The monoisotopic (exact) mass is 210 g/mol. The molecule has 1 aromatic rings. The molecule has 0 fully saturated rings. The van der Waals surface area contributed by atoms with Gasteiger partial charge in [0.25, 0.3) is 0 Å². The van der Waals surface area contributed by atoms with Crippen molar-refractivity contribution >= 4 is 9.63 Å². The van der Waals surface area contributed by atoms with Crippen LogP contribution in [-0.4, -0.2) is 19.6 Å². The van der Waals surface area contributed by atoms with Gasteiger partial charge >= 0.3 is 0 Å². The molecule has 0 heterocycles. The highest BCUT2D eigenvalue weighted by Crippen LogP contribution is 2.26. The van der Waals surface area contributed by atoms with E-state index in [0.717, 1.165) is 0 Å². The number of halogens is 2. The maximum absolute atomic E-state index is 12.5. The van der Waals surface area contributed by atoms with Gasteiger partial charge in [0, 0.05) is 12.3 Å².